The number of carbonyl (C=O) groups excluding carboxylic acids is 2. The normalized spacial score (nSPS) is 15.2. The maximum absolute atomic E-state index is 15.1. The van der Waals surface area contributed by atoms with E-state index in [0.717, 1.165) is 11.1 Å². The molecule has 0 aliphatic heterocycles. The van der Waals surface area contributed by atoms with Gasteiger partial charge in [0.05, 0.1) is 12.1 Å². The molecule has 0 fully saturated rings. The molecule has 0 saturated carbocycles. The summed E-state index contributed by atoms with van der Waals surface area (Å²) in [6.07, 6.45) is 0.869. The second kappa shape index (κ2) is 11.2. The summed E-state index contributed by atoms with van der Waals surface area (Å²) >= 11 is 0. The molecule has 0 unspecified atom stereocenters. The molecule has 0 aliphatic carbocycles. The van der Waals surface area contributed by atoms with Gasteiger partial charge in [0.2, 0.25) is 0 Å². The molecule has 0 atom stereocenters. The first kappa shape index (κ1) is 14.3. The van der Waals surface area contributed by atoms with E-state index >= 15 is 4.39 Å². The van der Waals surface area contributed by atoms with Crippen LogP contribution < -0.4 is 4.74 Å². The highest BCUT2D eigenvalue weighted by Crippen LogP contribution is 2.29. The SMILES string of the molecule is [2H]C([2H])=C(C(=O)OCCCc1ccc(-c2ccc(-c3ccc(OC(=O)C(=C([2H])[2H])C([2H])([2H])[2H])cc3)c(F)c2)cc1)C([2H])([2H])[2H]. The number of benzene rings is 3. The highest BCUT2D eigenvalue weighted by molar-refractivity contribution is 5.89. The maximum Gasteiger partial charge on any atom is 0.338 e. The summed E-state index contributed by atoms with van der Waals surface area (Å²) in [5, 5.41) is 0. The minimum Gasteiger partial charge on any atom is -0.462 e. The lowest BCUT2D eigenvalue weighted by Crippen LogP contribution is -2.07. The number of ether oxygens (including phenoxy) is 2. The topological polar surface area (TPSA) is 52.6 Å². The largest absolute Gasteiger partial charge is 0.462 e. The fraction of sp³-hybridized carbons (Fsp3) is 0.172. The number of halogens is 1. The van der Waals surface area contributed by atoms with Crippen LogP contribution in [0.5, 0.6) is 5.75 Å². The molecule has 0 aromatic heterocycles. The molecule has 3 aromatic carbocycles. The first-order valence-electron chi connectivity index (χ1n) is 15.2. The Balaban J connectivity index is 1.61. The van der Waals surface area contributed by atoms with Gasteiger partial charge in [-0.25, -0.2) is 14.0 Å². The molecule has 0 aliphatic rings. The summed E-state index contributed by atoms with van der Waals surface area (Å²) in [7, 11) is 0. The molecule has 5 heteroatoms. The van der Waals surface area contributed by atoms with E-state index in [9.17, 15) is 9.59 Å². The molecule has 0 radical (unpaired) electrons. The zero-order chi connectivity index (χ0) is 32.8. The van der Waals surface area contributed by atoms with Crippen LogP contribution in [0.3, 0.4) is 0 Å². The Morgan fingerprint density at radius 2 is 1.53 bits per heavy atom. The van der Waals surface area contributed by atoms with Gasteiger partial charge < -0.3 is 9.47 Å². The van der Waals surface area contributed by atoms with Crippen LogP contribution in [0.15, 0.2) is 90.9 Å². The third-order valence-corrected chi connectivity index (χ3v) is 4.88. The van der Waals surface area contributed by atoms with Gasteiger partial charge in [0.25, 0.3) is 0 Å². The van der Waals surface area contributed by atoms with Gasteiger partial charge in [-0.3, -0.25) is 0 Å². The molecule has 3 aromatic rings. The van der Waals surface area contributed by atoms with Crippen LogP contribution >= 0.6 is 0 Å². The Morgan fingerprint density at radius 1 is 0.882 bits per heavy atom. The number of hydrogen-bond acceptors (Lipinski definition) is 4. The minimum absolute atomic E-state index is 0.0379. The van der Waals surface area contributed by atoms with Crippen LogP contribution in [0.4, 0.5) is 4.39 Å². The van der Waals surface area contributed by atoms with Crippen molar-refractivity contribution in [2.24, 2.45) is 0 Å². The fourth-order valence-corrected chi connectivity index (χ4v) is 3.17. The smallest absolute Gasteiger partial charge is 0.338 e. The second-order valence-corrected chi connectivity index (χ2v) is 7.29. The molecule has 4 nitrogen and oxygen atoms in total. The molecular formula is C29H27FO4. The van der Waals surface area contributed by atoms with Crippen LogP contribution in [0.2, 0.25) is 0 Å². The zero-order valence-corrected chi connectivity index (χ0v) is 18.0. The lowest BCUT2D eigenvalue weighted by molar-refractivity contribution is -0.139. The molecule has 0 N–H and O–H groups in total. The van der Waals surface area contributed by atoms with E-state index in [-0.39, 0.29) is 17.9 Å². The monoisotopic (exact) mass is 468 g/mol. The maximum atomic E-state index is 15.1. The molecule has 0 amide bonds. The summed E-state index contributed by atoms with van der Waals surface area (Å²) < 4.78 is 97.6. The number of esters is 2. The first-order valence-corrected chi connectivity index (χ1v) is 10.2. The van der Waals surface area contributed by atoms with Gasteiger partial charge >= 0.3 is 11.9 Å². The van der Waals surface area contributed by atoms with Gasteiger partial charge in [-0.2, -0.15) is 0 Å². The molecule has 0 saturated heterocycles. The summed E-state index contributed by atoms with van der Waals surface area (Å²) in [5.74, 6) is -3.11. The average Bonchev–Trinajstić information content (AvgIpc) is 2.90. The van der Waals surface area contributed by atoms with E-state index in [1.807, 2.05) is 12.1 Å². The van der Waals surface area contributed by atoms with Crippen LogP contribution in [0.1, 0.15) is 39.4 Å². The molecular weight excluding hydrogens is 431 g/mol. The van der Waals surface area contributed by atoms with Crippen molar-refractivity contribution >= 4 is 11.9 Å². The molecule has 0 spiro atoms. The van der Waals surface area contributed by atoms with Gasteiger partial charge in [-0.15, -0.1) is 0 Å². The van der Waals surface area contributed by atoms with E-state index in [4.69, 9.17) is 23.2 Å². The van der Waals surface area contributed by atoms with Gasteiger partial charge in [0.15, 0.2) is 0 Å². The van der Waals surface area contributed by atoms with E-state index < -0.39 is 55.7 Å². The summed E-state index contributed by atoms with van der Waals surface area (Å²) in [4.78, 5) is 24.1. The third kappa shape index (κ3) is 6.51. The Hall–Kier alpha value is -3.99. The van der Waals surface area contributed by atoms with E-state index in [1.165, 1.54) is 30.3 Å². The molecule has 3 rings (SSSR count). The van der Waals surface area contributed by atoms with Crippen LogP contribution in [0.25, 0.3) is 22.3 Å². The van der Waals surface area contributed by atoms with Gasteiger partial charge in [0.1, 0.15) is 11.6 Å². The minimum atomic E-state index is -2.98. The average molecular weight is 469 g/mol. The highest BCUT2D eigenvalue weighted by atomic mass is 19.1. The lowest BCUT2D eigenvalue weighted by Gasteiger charge is -2.09. The predicted octanol–water partition coefficient (Wildman–Crippen LogP) is 6.69. The van der Waals surface area contributed by atoms with Crippen molar-refractivity contribution in [1.82, 2.24) is 0 Å². The highest BCUT2D eigenvalue weighted by Gasteiger charge is 2.10. The van der Waals surface area contributed by atoms with Crippen LogP contribution in [0, 0.1) is 5.82 Å². The Labute approximate surface area is 213 Å². The zero-order valence-electron chi connectivity index (χ0n) is 28.0. The molecule has 0 bridgehead atoms. The first-order chi connectivity index (χ1) is 20.5. The summed E-state index contributed by atoms with van der Waals surface area (Å²) in [6, 6.07) is 17.5. The van der Waals surface area contributed by atoms with Crippen molar-refractivity contribution in [1.29, 1.82) is 0 Å². The van der Waals surface area contributed by atoms with Crippen molar-refractivity contribution in [3.63, 3.8) is 0 Å². The second-order valence-electron chi connectivity index (χ2n) is 7.29. The van der Waals surface area contributed by atoms with Crippen molar-refractivity contribution in [2.45, 2.75) is 26.5 Å². The number of carbonyl (C=O) groups is 2. The summed E-state index contributed by atoms with van der Waals surface area (Å²) in [5.41, 5.74) is 0.937. The Morgan fingerprint density at radius 3 is 2.18 bits per heavy atom. The Kier molecular flexibility index (Phi) is 4.73. The van der Waals surface area contributed by atoms with Crippen LogP contribution in [-0.4, -0.2) is 18.5 Å². The third-order valence-electron chi connectivity index (χ3n) is 4.88. The number of aryl methyl sites for hydroxylation is 1. The van der Waals surface area contributed by atoms with Crippen molar-refractivity contribution in [3.8, 4) is 28.0 Å². The quantitative estimate of drug-likeness (QED) is 0.152. The standard InChI is InChI=1S/C29H27FO4/c1-19(2)28(31)33-17-5-6-21-7-9-22(10-8-21)24-13-16-26(27(30)18-24)23-11-14-25(15-12-23)34-29(32)20(3)4/h7-16,18H,1,3,5-6,17H2,2,4H3/i1D2,2D3,3D2,4D3. The van der Waals surface area contributed by atoms with Gasteiger partial charge in [-0.05, 0) is 67.0 Å². The fourth-order valence-electron chi connectivity index (χ4n) is 3.17. The van der Waals surface area contributed by atoms with E-state index in [1.54, 1.807) is 24.3 Å². The van der Waals surface area contributed by atoms with Crippen molar-refractivity contribution in [2.75, 3.05) is 6.61 Å². The van der Waals surface area contributed by atoms with Gasteiger partial charge in [0, 0.05) is 24.9 Å². The molecule has 34 heavy (non-hydrogen) atoms. The predicted molar refractivity (Wildman–Crippen MR) is 132 cm³/mol. The molecule has 174 valence electrons. The van der Waals surface area contributed by atoms with Crippen molar-refractivity contribution < 1.29 is 37.2 Å². The molecule has 0 heterocycles. The van der Waals surface area contributed by atoms with Crippen LogP contribution in [-0.2, 0) is 20.7 Å². The lowest BCUT2D eigenvalue weighted by atomic mass is 9.98. The Bertz CT molecular complexity index is 1570. The van der Waals surface area contributed by atoms with E-state index in [2.05, 4.69) is 0 Å². The van der Waals surface area contributed by atoms with Crippen molar-refractivity contribution in [3.05, 3.63) is 102 Å². The number of rotatable bonds is 9. The summed E-state index contributed by atoms with van der Waals surface area (Å²) in [6.45, 7) is -8.27. The number of hydrogen-bond donors (Lipinski definition) is 0. The van der Waals surface area contributed by atoms with Gasteiger partial charge in [-0.1, -0.05) is 61.6 Å². The van der Waals surface area contributed by atoms with E-state index in [0.29, 0.717) is 24.0 Å².